The molecule has 13 heavy (non-hydrogen) atoms. The molecule has 0 unspecified atom stereocenters. The van der Waals surface area contributed by atoms with Crippen molar-refractivity contribution < 1.29 is 0 Å². The van der Waals surface area contributed by atoms with E-state index in [0.717, 1.165) is 5.88 Å². The highest BCUT2D eigenvalue weighted by Crippen LogP contribution is 2.42. The van der Waals surface area contributed by atoms with E-state index in [1.165, 1.54) is 58.0 Å². The Kier molecular flexibility index (Phi) is 3.15. The van der Waals surface area contributed by atoms with Gasteiger partial charge in [-0.15, -0.1) is 11.6 Å². The van der Waals surface area contributed by atoms with Crippen LogP contribution in [0.5, 0.6) is 0 Å². The molecule has 1 heterocycles. The van der Waals surface area contributed by atoms with Gasteiger partial charge in [-0.2, -0.15) is 0 Å². The van der Waals surface area contributed by atoms with E-state index in [4.69, 9.17) is 11.6 Å². The van der Waals surface area contributed by atoms with Gasteiger partial charge in [0, 0.05) is 11.4 Å². The standard InChI is InChI=1S/C11H20ClN/c12-8-4-10-13-9-3-7-11(13)5-1-2-6-11/h1-10H2. The van der Waals surface area contributed by atoms with E-state index in [-0.39, 0.29) is 0 Å². The molecule has 0 radical (unpaired) electrons. The van der Waals surface area contributed by atoms with Crippen LogP contribution in [0.25, 0.3) is 0 Å². The Morgan fingerprint density at radius 2 is 1.77 bits per heavy atom. The lowest BCUT2D eigenvalue weighted by Gasteiger charge is -2.35. The minimum Gasteiger partial charge on any atom is -0.298 e. The van der Waals surface area contributed by atoms with Crippen molar-refractivity contribution in [3.63, 3.8) is 0 Å². The van der Waals surface area contributed by atoms with Gasteiger partial charge < -0.3 is 0 Å². The maximum absolute atomic E-state index is 5.75. The topological polar surface area (TPSA) is 3.24 Å². The van der Waals surface area contributed by atoms with Gasteiger partial charge in [-0.25, -0.2) is 0 Å². The first-order chi connectivity index (χ1) is 6.37. The highest BCUT2D eigenvalue weighted by molar-refractivity contribution is 6.17. The number of likely N-dealkylation sites (tertiary alicyclic amines) is 1. The highest BCUT2D eigenvalue weighted by Gasteiger charge is 2.41. The summed E-state index contributed by atoms with van der Waals surface area (Å²) in [5.74, 6) is 0.826. The third kappa shape index (κ3) is 1.87. The number of halogens is 1. The number of hydrogen-bond donors (Lipinski definition) is 0. The van der Waals surface area contributed by atoms with Gasteiger partial charge in [0.1, 0.15) is 0 Å². The fourth-order valence-corrected chi connectivity index (χ4v) is 3.31. The summed E-state index contributed by atoms with van der Waals surface area (Å²) in [7, 11) is 0. The average Bonchev–Trinajstić information content (AvgIpc) is 2.75. The maximum atomic E-state index is 5.75. The van der Waals surface area contributed by atoms with Crippen LogP contribution >= 0.6 is 11.6 Å². The van der Waals surface area contributed by atoms with Gasteiger partial charge in [-0.1, -0.05) is 12.8 Å². The fourth-order valence-electron chi connectivity index (χ4n) is 3.19. The third-order valence-corrected chi connectivity index (χ3v) is 4.10. The highest BCUT2D eigenvalue weighted by atomic mass is 35.5. The first-order valence-electron chi connectivity index (χ1n) is 5.68. The fraction of sp³-hybridized carbons (Fsp3) is 1.00. The predicted molar refractivity (Wildman–Crippen MR) is 57.3 cm³/mol. The van der Waals surface area contributed by atoms with Crippen LogP contribution in [0.3, 0.4) is 0 Å². The smallest absolute Gasteiger partial charge is 0.0235 e. The second kappa shape index (κ2) is 4.18. The summed E-state index contributed by atoms with van der Waals surface area (Å²) >= 11 is 5.75. The van der Waals surface area contributed by atoms with E-state index >= 15 is 0 Å². The largest absolute Gasteiger partial charge is 0.298 e. The number of alkyl halides is 1. The van der Waals surface area contributed by atoms with Crippen molar-refractivity contribution >= 4 is 11.6 Å². The molecule has 2 rings (SSSR count). The van der Waals surface area contributed by atoms with Crippen LogP contribution in [-0.2, 0) is 0 Å². The van der Waals surface area contributed by atoms with Crippen molar-refractivity contribution in [3.05, 3.63) is 0 Å². The SMILES string of the molecule is ClCCCN1CCCC12CCCC2. The molecule has 1 spiro atoms. The molecule has 1 nitrogen and oxygen atoms in total. The molecule has 1 aliphatic carbocycles. The monoisotopic (exact) mass is 201 g/mol. The van der Waals surface area contributed by atoms with E-state index in [2.05, 4.69) is 4.90 Å². The molecule has 76 valence electrons. The third-order valence-electron chi connectivity index (χ3n) is 3.84. The average molecular weight is 202 g/mol. The van der Waals surface area contributed by atoms with Crippen LogP contribution in [0, 0.1) is 0 Å². The zero-order valence-corrected chi connectivity index (χ0v) is 9.15. The van der Waals surface area contributed by atoms with E-state index in [0.29, 0.717) is 5.54 Å². The molecular weight excluding hydrogens is 182 g/mol. The number of nitrogens with zero attached hydrogens (tertiary/aromatic N) is 1. The quantitative estimate of drug-likeness (QED) is 0.635. The molecule has 0 aromatic carbocycles. The predicted octanol–water partition coefficient (Wildman–Crippen LogP) is 3.02. The summed E-state index contributed by atoms with van der Waals surface area (Å²) in [4.78, 5) is 2.72. The summed E-state index contributed by atoms with van der Waals surface area (Å²) in [6.45, 7) is 2.57. The Bertz CT molecular complexity index is 158. The van der Waals surface area contributed by atoms with Crippen LogP contribution < -0.4 is 0 Å². The lowest BCUT2D eigenvalue weighted by Crippen LogP contribution is -2.41. The van der Waals surface area contributed by atoms with Gasteiger partial charge in [0.15, 0.2) is 0 Å². The van der Waals surface area contributed by atoms with Gasteiger partial charge in [-0.3, -0.25) is 4.90 Å². The van der Waals surface area contributed by atoms with Crippen molar-refractivity contribution in [1.82, 2.24) is 4.90 Å². The van der Waals surface area contributed by atoms with E-state index in [1.807, 2.05) is 0 Å². The van der Waals surface area contributed by atoms with Gasteiger partial charge in [0.25, 0.3) is 0 Å². The summed E-state index contributed by atoms with van der Waals surface area (Å²) < 4.78 is 0. The molecule has 2 heteroatoms. The molecule has 2 fully saturated rings. The van der Waals surface area contributed by atoms with Crippen molar-refractivity contribution in [2.75, 3.05) is 19.0 Å². The van der Waals surface area contributed by atoms with Crippen molar-refractivity contribution in [3.8, 4) is 0 Å². The molecule has 1 saturated carbocycles. The second-order valence-corrected chi connectivity index (χ2v) is 4.94. The lowest BCUT2D eigenvalue weighted by molar-refractivity contribution is 0.144. The Labute approximate surface area is 86.4 Å². The van der Waals surface area contributed by atoms with Gasteiger partial charge >= 0.3 is 0 Å². The molecule has 1 aliphatic heterocycles. The van der Waals surface area contributed by atoms with Gasteiger partial charge in [0.2, 0.25) is 0 Å². The molecule has 0 atom stereocenters. The van der Waals surface area contributed by atoms with Crippen LogP contribution in [0.4, 0.5) is 0 Å². The summed E-state index contributed by atoms with van der Waals surface area (Å²) in [5, 5.41) is 0. The molecule has 0 aromatic heterocycles. The van der Waals surface area contributed by atoms with Crippen LogP contribution in [0.2, 0.25) is 0 Å². The van der Waals surface area contributed by atoms with Crippen LogP contribution in [0.1, 0.15) is 44.9 Å². The summed E-state index contributed by atoms with van der Waals surface area (Å²) in [6.07, 6.45) is 9.86. The lowest BCUT2D eigenvalue weighted by atomic mass is 9.94. The molecule has 1 saturated heterocycles. The molecular formula is C11H20ClN. The maximum Gasteiger partial charge on any atom is 0.0235 e. The first kappa shape index (κ1) is 9.79. The zero-order chi connectivity index (χ0) is 9.15. The minimum atomic E-state index is 0.631. The minimum absolute atomic E-state index is 0.631. The van der Waals surface area contributed by atoms with Gasteiger partial charge in [-0.05, 0) is 45.2 Å². The normalized spacial score (nSPS) is 27.5. The second-order valence-electron chi connectivity index (χ2n) is 4.56. The Morgan fingerprint density at radius 3 is 2.46 bits per heavy atom. The van der Waals surface area contributed by atoms with Crippen LogP contribution in [0.15, 0.2) is 0 Å². The number of hydrogen-bond acceptors (Lipinski definition) is 1. The zero-order valence-electron chi connectivity index (χ0n) is 8.40. The Morgan fingerprint density at radius 1 is 1.08 bits per heavy atom. The van der Waals surface area contributed by atoms with Crippen molar-refractivity contribution in [2.45, 2.75) is 50.5 Å². The van der Waals surface area contributed by atoms with Crippen LogP contribution in [-0.4, -0.2) is 29.4 Å². The van der Waals surface area contributed by atoms with E-state index in [9.17, 15) is 0 Å². The molecule has 0 N–H and O–H groups in total. The van der Waals surface area contributed by atoms with Gasteiger partial charge in [0.05, 0.1) is 0 Å². The molecule has 0 bridgehead atoms. The van der Waals surface area contributed by atoms with E-state index < -0.39 is 0 Å². The van der Waals surface area contributed by atoms with E-state index in [1.54, 1.807) is 0 Å². The Balaban J connectivity index is 1.93. The Hall–Kier alpha value is 0.250. The first-order valence-corrected chi connectivity index (χ1v) is 6.22. The molecule has 0 aromatic rings. The molecule has 2 aliphatic rings. The summed E-state index contributed by atoms with van der Waals surface area (Å²) in [6, 6.07) is 0. The van der Waals surface area contributed by atoms with Crippen molar-refractivity contribution in [1.29, 1.82) is 0 Å². The van der Waals surface area contributed by atoms with Crippen molar-refractivity contribution in [2.24, 2.45) is 0 Å². The summed E-state index contributed by atoms with van der Waals surface area (Å²) in [5.41, 5.74) is 0.631. The number of rotatable bonds is 3. The molecule has 0 amide bonds.